The second-order valence-electron chi connectivity index (χ2n) is 8.17. The van der Waals surface area contributed by atoms with E-state index in [0.29, 0.717) is 19.1 Å². The van der Waals surface area contributed by atoms with E-state index in [1.54, 1.807) is 0 Å². The van der Waals surface area contributed by atoms with Crippen LogP contribution in [0, 0.1) is 0 Å². The highest BCUT2D eigenvalue weighted by atomic mass is 32.2. The summed E-state index contributed by atoms with van der Waals surface area (Å²) >= 11 is 1.43. The highest BCUT2D eigenvalue weighted by Crippen LogP contribution is 2.40. The van der Waals surface area contributed by atoms with Crippen molar-refractivity contribution in [3.05, 3.63) is 65.5 Å². The maximum absolute atomic E-state index is 12.7. The number of benzene rings is 2. The third-order valence-corrected chi connectivity index (χ3v) is 6.61. The molecule has 166 valence electrons. The lowest BCUT2D eigenvalue weighted by atomic mass is 10.1. The summed E-state index contributed by atoms with van der Waals surface area (Å²) in [5, 5.41) is 12.7. The van der Waals surface area contributed by atoms with Gasteiger partial charge in [0.15, 0.2) is 16.7 Å². The zero-order chi connectivity index (χ0) is 21.9. The van der Waals surface area contributed by atoms with Crippen molar-refractivity contribution >= 4 is 17.7 Å². The summed E-state index contributed by atoms with van der Waals surface area (Å²) in [5.41, 5.74) is 2.18. The van der Waals surface area contributed by atoms with Crippen LogP contribution in [0.15, 0.2) is 53.7 Å². The van der Waals surface area contributed by atoms with Crippen LogP contribution in [-0.2, 0) is 11.3 Å². The number of carbonyl (C=O) groups excluding carboxylic acids is 1. The maximum Gasteiger partial charge on any atom is 0.230 e. The number of carbonyl (C=O) groups is 1. The Balaban J connectivity index is 1.22. The molecule has 1 atom stereocenters. The number of ether oxygens (including phenoxy) is 2. The van der Waals surface area contributed by atoms with Gasteiger partial charge in [0.1, 0.15) is 19.0 Å². The van der Waals surface area contributed by atoms with E-state index in [0.717, 1.165) is 47.4 Å². The average molecular weight is 451 g/mol. The van der Waals surface area contributed by atoms with Crippen molar-refractivity contribution < 1.29 is 14.3 Å². The Morgan fingerprint density at radius 2 is 1.91 bits per heavy atom. The minimum absolute atomic E-state index is 0.0420. The second kappa shape index (κ2) is 9.24. The molecule has 1 fully saturated rings. The third-order valence-electron chi connectivity index (χ3n) is 5.65. The van der Waals surface area contributed by atoms with Crippen LogP contribution in [0.3, 0.4) is 0 Å². The predicted octanol–water partition coefficient (Wildman–Crippen LogP) is 3.94. The van der Waals surface area contributed by atoms with Gasteiger partial charge in [-0.25, -0.2) is 0 Å². The molecule has 3 aromatic rings. The molecule has 0 saturated heterocycles. The van der Waals surface area contributed by atoms with Gasteiger partial charge in [0.2, 0.25) is 5.91 Å². The fraction of sp³-hybridized carbons (Fsp3) is 0.375. The first-order valence-electron chi connectivity index (χ1n) is 11.0. The Kier molecular flexibility index (Phi) is 6.03. The van der Waals surface area contributed by atoms with Crippen LogP contribution in [0.1, 0.15) is 48.7 Å². The molecule has 0 unspecified atom stereocenters. The number of hydrogen-bond acceptors (Lipinski definition) is 6. The summed E-state index contributed by atoms with van der Waals surface area (Å²) < 4.78 is 13.4. The Morgan fingerprint density at radius 3 is 2.69 bits per heavy atom. The standard InChI is InChI=1S/C24H26N4O3S/c1-16(19-9-10-20-21(13-19)31-12-11-30-20)25-22(29)15-32-24-27-26-23(18-7-8-18)28(24)14-17-5-3-2-4-6-17/h2-6,9-10,13,16,18H,7-8,11-12,14-15H2,1H3,(H,25,29)/t16-/m1/s1. The summed E-state index contributed by atoms with van der Waals surface area (Å²) in [4.78, 5) is 12.7. The minimum atomic E-state index is -0.136. The molecule has 0 radical (unpaired) electrons. The van der Waals surface area contributed by atoms with Gasteiger partial charge in [-0.15, -0.1) is 10.2 Å². The van der Waals surface area contributed by atoms with Crippen molar-refractivity contribution in [1.29, 1.82) is 0 Å². The molecule has 1 aliphatic heterocycles. The molecular weight excluding hydrogens is 424 g/mol. The smallest absolute Gasteiger partial charge is 0.230 e. The van der Waals surface area contributed by atoms with E-state index < -0.39 is 0 Å². The Bertz CT molecular complexity index is 1100. The van der Waals surface area contributed by atoms with E-state index in [1.807, 2.05) is 43.3 Å². The molecule has 7 nitrogen and oxygen atoms in total. The van der Waals surface area contributed by atoms with Crippen molar-refractivity contribution in [2.45, 2.75) is 43.4 Å². The summed E-state index contributed by atoms with van der Waals surface area (Å²) in [7, 11) is 0. The summed E-state index contributed by atoms with van der Waals surface area (Å²) in [6.07, 6.45) is 2.32. The Morgan fingerprint density at radius 1 is 1.12 bits per heavy atom. The Labute approximate surface area is 191 Å². The van der Waals surface area contributed by atoms with E-state index in [1.165, 1.54) is 17.3 Å². The van der Waals surface area contributed by atoms with Gasteiger partial charge in [0.25, 0.3) is 0 Å². The Hall–Kier alpha value is -3.00. The molecule has 2 aliphatic rings. The van der Waals surface area contributed by atoms with E-state index >= 15 is 0 Å². The lowest BCUT2D eigenvalue weighted by Crippen LogP contribution is -2.28. The number of amides is 1. The van der Waals surface area contributed by atoms with Crippen molar-refractivity contribution in [2.75, 3.05) is 19.0 Å². The number of thioether (sulfide) groups is 1. The second-order valence-corrected chi connectivity index (χ2v) is 9.11. The lowest BCUT2D eigenvalue weighted by Gasteiger charge is -2.21. The van der Waals surface area contributed by atoms with Crippen LogP contribution in [0.5, 0.6) is 11.5 Å². The number of fused-ring (bicyclic) bond motifs is 1. The molecule has 8 heteroatoms. The number of hydrogen-bond donors (Lipinski definition) is 1. The monoisotopic (exact) mass is 450 g/mol. The SMILES string of the molecule is C[C@@H](NC(=O)CSc1nnc(C2CC2)n1Cc1ccccc1)c1ccc2c(c1)OCCO2. The number of aromatic nitrogens is 3. The highest BCUT2D eigenvalue weighted by molar-refractivity contribution is 7.99. The third kappa shape index (κ3) is 4.75. The quantitative estimate of drug-likeness (QED) is 0.524. The average Bonchev–Trinajstić information content (AvgIpc) is 3.59. The van der Waals surface area contributed by atoms with Crippen molar-refractivity contribution in [3.8, 4) is 11.5 Å². The molecular formula is C24H26N4O3S. The largest absolute Gasteiger partial charge is 0.486 e. The molecule has 32 heavy (non-hydrogen) atoms. The molecule has 2 aromatic carbocycles. The van der Waals surface area contributed by atoms with Crippen molar-refractivity contribution in [2.24, 2.45) is 0 Å². The summed E-state index contributed by atoms with van der Waals surface area (Å²) in [5.74, 6) is 3.24. The highest BCUT2D eigenvalue weighted by Gasteiger charge is 2.30. The maximum atomic E-state index is 12.7. The molecule has 5 rings (SSSR count). The normalized spacial score (nSPS) is 15.9. The van der Waals surface area contributed by atoms with Crippen LogP contribution in [0.2, 0.25) is 0 Å². The number of nitrogens with one attached hydrogen (secondary N) is 1. The van der Waals surface area contributed by atoms with Gasteiger partial charge in [0.05, 0.1) is 18.3 Å². The summed E-state index contributed by atoms with van der Waals surface area (Å²) in [6, 6.07) is 16.0. The van der Waals surface area contributed by atoms with Crippen LogP contribution in [-0.4, -0.2) is 39.6 Å². The fourth-order valence-electron chi connectivity index (χ4n) is 3.79. The van der Waals surface area contributed by atoms with E-state index in [2.05, 4.69) is 32.2 Å². The van der Waals surface area contributed by atoms with Gasteiger partial charge in [-0.2, -0.15) is 0 Å². The number of nitrogens with zero attached hydrogens (tertiary/aromatic N) is 3. The molecule has 1 amide bonds. The lowest BCUT2D eigenvalue weighted by molar-refractivity contribution is -0.119. The van der Waals surface area contributed by atoms with Gasteiger partial charge in [-0.3, -0.25) is 4.79 Å². The first-order valence-corrected chi connectivity index (χ1v) is 11.9. The van der Waals surface area contributed by atoms with Crippen LogP contribution in [0.25, 0.3) is 0 Å². The summed E-state index contributed by atoms with van der Waals surface area (Å²) in [6.45, 7) is 3.79. The molecule has 0 spiro atoms. The van der Waals surface area contributed by atoms with Crippen molar-refractivity contribution in [1.82, 2.24) is 20.1 Å². The van der Waals surface area contributed by atoms with Gasteiger partial charge in [0, 0.05) is 5.92 Å². The van der Waals surface area contributed by atoms with Gasteiger partial charge in [-0.05, 0) is 43.0 Å². The fourth-order valence-corrected chi connectivity index (χ4v) is 4.55. The molecule has 0 bridgehead atoms. The topological polar surface area (TPSA) is 78.3 Å². The predicted molar refractivity (Wildman–Crippen MR) is 122 cm³/mol. The van der Waals surface area contributed by atoms with Crippen LogP contribution in [0.4, 0.5) is 0 Å². The zero-order valence-corrected chi connectivity index (χ0v) is 18.8. The first kappa shape index (κ1) is 20.9. The van der Waals surface area contributed by atoms with Gasteiger partial charge in [-0.1, -0.05) is 48.2 Å². The molecule has 1 N–H and O–H groups in total. The van der Waals surface area contributed by atoms with Gasteiger partial charge < -0.3 is 19.4 Å². The molecule has 1 saturated carbocycles. The number of rotatable bonds is 8. The zero-order valence-electron chi connectivity index (χ0n) is 18.0. The van der Waals surface area contributed by atoms with Crippen molar-refractivity contribution in [3.63, 3.8) is 0 Å². The molecule has 1 aliphatic carbocycles. The van der Waals surface area contributed by atoms with Gasteiger partial charge >= 0.3 is 0 Å². The van der Waals surface area contributed by atoms with E-state index in [4.69, 9.17) is 9.47 Å². The molecule has 2 heterocycles. The van der Waals surface area contributed by atoms with E-state index in [9.17, 15) is 4.79 Å². The van der Waals surface area contributed by atoms with Crippen LogP contribution < -0.4 is 14.8 Å². The molecule has 1 aromatic heterocycles. The minimum Gasteiger partial charge on any atom is -0.486 e. The van der Waals surface area contributed by atoms with E-state index in [-0.39, 0.29) is 17.7 Å². The van der Waals surface area contributed by atoms with Crippen LogP contribution >= 0.6 is 11.8 Å². The first-order chi connectivity index (χ1) is 15.7.